The summed E-state index contributed by atoms with van der Waals surface area (Å²) in [4.78, 5) is 40.8. The van der Waals surface area contributed by atoms with Crippen LogP contribution in [0.1, 0.15) is 103 Å². The second-order valence-corrected chi connectivity index (χ2v) is 13.9. The van der Waals surface area contributed by atoms with E-state index in [4.69, 9.17) is 14.6 Å². The third-order valence-electron chi connectivity index (χ3n) is 10.1. The van der Waals surface area contributed by atoms with Crippen LogP contribution in [0.2, 0.25) is 0 Å². The number of carbonyl (C=O) groups is 2. The molecule has 5 rings (SSSR count). The van der Waals surface area contributed by atoms with E-state index in [-0.39, 0.29) is 5.91 Å². The monoisotopic (exact) mass is 731 g/mol. The smallest absolute Gasteiger partial charge is 0.350 e. The van der Waals surface area contributed by atoms with Crippen LogP contribution in [0.25, 0.3) is 40.0 Å². The number of aromatic amines is 1. The molecule has 1 aromatic heterocycles. The number of nitrogens with zero attached hydrogens (tertiary/aromatic N) is 3. The third-order valence-corrected chi connectivity index (χ3v) is 10.1. The molecule has 0 saturated heterocycles. The predicted octanol–water partition coefficient (Wildman–Crippen LogP) is 9.97. The topological polar surface area (TPSA) is 109 Å². The summed E-state index contributed by atoms with van der Waals surface area (Å²) in [5, 5.41) is 7.16. The molecular weight excluding hydrogens is 675 g/mol. The number of H-pyrrole nitrogens is 1. The first-order valence-corrected chi connectivity index (χ1v) is 19.9. The fourth-order valence-electron chi connectivity index (χ4n) is 6.79. The summed E-state index contributed by atoms with van der Waals surface area (Å²) >= 11 is 0. The van der Waals surface area contributed by atoms with E-state index < -0.39 is 12.1 Å². The van der Waals surface area contributed by atoms with E-state index in [1.807, 2.05) is 42.5 Å². The number of unbranched alkanes of at least 4 members (excludes halogenated alkanes) is 9. The molecule has 2 heterocycles. The number of esters is 1. The second kappa shape index (κ2) is 20.9. The molecule has 9 nitrogen and oxygen atoms in total. The summed E-state index contributed by atoms with van der Waals surface area (Å²) in [6, 6.07) is 24.6. The maximum atomic E-state index is 12.5. The number of rotatable bonds is 21. The van der Waals surface area contributed by atoms with Crippen LogP contribution in [0.3, 0.4) is 0 Å². The number of methoxy groups -OCH3 is 1. The van der Waals surface area contributed by atoms with E-state index in [9.17, 15) is 9.59 Å². The van der Waals surface area contributed by atoms with Gasteiger partial charge in [-0.2, -0.15) is 0 Å². The lowest BCUT2D eigenvalue weighted by atomic mass is 10.00. The molecular formula is C45H57N5O4. The largest absolute Gasteiger partial charge is 0.466 e. The fraction of sp³-hybridized carbons (Fsp3) is 0.422. The Morgan fingerprint density at radius 3 is 2.02 bits per heavy atom. The van der Waals surface area contributed by atoms with Crippen LogP contribution in [0.4, 0.5) is 5.69 Å². The minimum Gasteiger partial charge on any atom is -0.466 e. The summed E-state index contributed by atoms with van der Waals surface area (Å²) < 4.78 is 4.82. The molecule has 0 radical (unpaired) electrons. The number of benzene rings is 3. The van der Waals surface area contributed by atoms with Crippen molar-refractivity contribution in [1.29, 1.82) is 0 Å². The zero-order valence-electron chi connectivity index (χ0n) is 32.5. The van der Waals surface area contributed by atoms with Crippen LogP contribution in [0, 0.1) is 0 Å². The lowest BCUT2D eigenvalue weighted by Gasteiger charge is -2.20. The van der Waals surface area contributed by atoms with Gasteiger partial charge in [-0.05, 0) is 61.7 Å². The van der Waals surface area contributed by atoms with Gasteiger partial charge in [-0.3, -0.25) is 4.79 Å². The Kier molecular flexibility index (Phi) is 15.5. The number of anilines is 1. The van der Waals surface area contributed by atoms with Gasteiger partial charge in [0.15, 0.2) is 0 Å². The fourth-order valence-corrected chi connectivity index (χ4v) is 6.79. The minimum atomic E-state index is -0.722. The summed E-state index contributed by atoms with van der Waals surface area (Å²) in [5.74, 6) is 0.267. The summed E-state index contributed by atoms with van der Waals surface area (Å²) in [6.07, 6.45) is 15.9. The number of amides is 1. The van der Waals surface area contributed by atoms with Gasteiger partial charge in [0.25, 0.3) is 0 Å². The minimum absolute atomic E-state index is 0.0677. The van der Waals surface area contributed by atoms with Crippen LogP contribution >= 0.6 is 0 Å². The Bertz CT molecular complexity index is 1820. The average molecular weight is 732 g/mol. The highest BCUT2D eigenvalue weighted by Crippen LogP contribution is 2.34. The van der Waals surface area contributed by atoms with E-state index in [0.717, 1.165) is 71.0 Å². The number of aromatic nitrogens is 2. The molecule has 9 heteroatoms. The van der Waals surface area contributed by atoms with E-state index >= 15 is 0 Å². The second-order valence-electron chi connectivity index (χ2n) is 13.9. The molecule has 0 aliphatic carbocycles. The molecule has 1 unspecified atom stereocenters. The van der Waals surface area contributed by atoms with Crippen molar-refractivity contribution in [2.24, 2.45) is 5.16 Å². The van der Waals surface area contributed by atoms with Crippen molar-refractivity contribution < 1.29 is 19.2 Å². The maximum Gasteiger partial charge on any atom is 0.350 e. The normalized spacial score (nSPS) is 13.9. The Labute approximate surface area is 321 Å². The van der Waals surface area contributed by atoms with Crippen LogP contribution in [-0.4, -0.2) is 60.4 Å². The number of hydrogen-bond acceptors (Lipinski definition) is 7. The molecule has 54 heavy (non-hydrogen) atoms. The molecule has 0 spiro atoms. The highest BCUT2D eigenvalue weighted by atomic mass is 16.7. The molecule has 1 amide bonds. The van der Waals surface area contributed by atoms with Gasteiger partial charge in [0.1, 0.15) is 5.82 Å². The highest BCUT2D eigenvalue weighted by molar-refractivity contribution is 6.04. The van der Waals surface area contributed by atoms with Crippen molar-refractivity contribution in [1.82, 2.24) is 15.3 Å². The summed E-state index contributed by atoms with van der Waals surface area (Å²) in [6.45, 7) is 9.17. The molecule has 3 aromatic carbocycles. The van der Waals surface area contributed by atoms with Crippen molar-refractivity contribution in [2.75, 3.05) is 31.6 Å². The van der Waals surface area contributed by atoms with Crippen molar-refractivity contribution >= 4 is 29.4 Å². The number of carbonyl (C=O) groups excluding carboxylic acids is 2. The zero-order chi connectivity index (χ0) is 38.1. The molecule has 0 saturated carbocycles. The van der Waals surface area contributed by atoms with Gasteiger partial charge in [0, 0.05) is 54.5 Å². The number of imidazole rings is 1. The zero-order valence-corrected chi connectivity index (χ0v) is 32.5. The van der Waals surface area contributed by atoms with Crippen LogP contribution in [0.15, 0.2) is 84.0 Å². The van der Waals surface area contributed by atoms with E-state index in [2.05, 4.69) is 77.5 Å². The summed E-state index contributed by atoms with van der Waals surface area (Å²) in [7, 11) is 1.34. The lowest BCUT2D eigenvalue weighted by molar-refractivity contribution is -0.152. The Hall–Kier alpha value is -5.18. The standard InChI is InChI=1S/C45H57N5O4/c1-5-8-9-10-11-12-13-14-15-16-31-46-41(51)30-19-33-17-20-35(21-18-33)42-43(48-44(47-42)37-26-28-38(29-27-37)50(6-2)7-3)36-24-22-34(23-25-36)39-32-40(54-49-39)45(52)53-4/h17-30,40H,5-16,31-32H2,1-4H3,(H,46,51)(H,47,48). The number of nitrogens with one attached hydrogen (secondary N) is 2. The number of hydrogen-bond donors (Lipinski definition) is 2. The molecule has 1 aliphatic heterocycles. The van der Waals surface area contributed by atoms with Gasteiger partial charge in [-0.25, -0.2) is 9.78 Å². The summed E-state index contributed by atoms with van der Waals surface area (Å²) in [5.41, 5.74) is 8.30. The van der Waals surface area contributed by atoms with Gasteiger partial charge >= 0.3 is 5.97 Å². The Balaban J connectivity index is 1.25. The molecule has 286 valence electrons. The molecule has 1 atom stereocenters. The first kappa shape index (κ1) is 40.0. The molecule has 2 N–H and O–H groups in total. The van der Waals surface area contributed by atoms with Crippen LogP contribution in [0.5, 0.6) is 0 Å². The van der Waals surface area contributed by atoms with Crippen molar-refractivity contribution in [2.45, 2.75) is 97.5 Å². The number of ether oxygens (including phenoxy) is 1. The van der Waals surface area contributed by atoms with Gasteiger partial charge in [-0.15, -0.1) is 0 Å². The van der Waals surface area contributed by atoms with Crippen molar-refractivity contribution in [3.63, 3.8) is 0 Å². The Morgan fingerprint density at radius 1 is 0.796 bits per heavy atom. The SMILES string of the molecule is CCCCCCCCCCCCNC(=O)C=Cc1ccc(-c2[nH]c(-c3ccc(N(CC)CC)cc3)nc2-c2ccc(C3=NOC(C(=O)OC)C3)cc2)cc1. The van der Waals surface area contributed by atoms with E-state index in [1.54, 1.807) is 6.08 Å². The molecule has 0 fully saturated rings. The first-order valence-electron chi connectivity index (χ1n) is 19.9. The van der Waals surface area contributed by atoms with Crippen molar-refractivity contribution in [3.8, 4) is 33.9 Å². The third kappa shape index (κ3) is 11.2. The predicted molar refractivity (Wildman–Crippen MR) is 220 cm³/mol. The van der Waals surface area contributed by atoms with E-state index in [0.29, 0.717) is 18.7 Å². The van der Waals surface area contributed by atoms with Gasteiger partial charge in [-0.1, -0.05) is 118 Å². The van der Waals surface area contributed by atoms with Gasteiger partial charge in [0.05, 0.1) is 24.2 Å². The van der Waals surface area contributed by atoms with Crippen LogP contribution in [-0.2, 0) is 19.2 Å². The number of oxime groups is 1. The van der Waals surface area contributed by atoms with Gasteiger partial charge < -0.3 is 24.8 Å². The highest BCUT2D eigenvalue weighted by Gasteiger charge is 2.29. The Morgan fingerprint density at radius 2 is 1.39 bits per heavy atom. The molecule has 4 aromatic rings. The lowest BCUT2D eigenvalue weighted by Crippen LogP contribution is -2.22. The molecule has 0 bridgehead atoms. The van der Waals surface area contributed by atoms with Crippen LogP contribution < -0.4 is 10.2 Å². The first-order chi connectivity index (χ1) is 26.4. The van der Waals surface area contributed by atoms with Crippen molar-refractivity contribution in [3.05, 3.63) is 90.0 Å². The van der Waals surface area contributed by atoms with E-state index in [1.165, 1.54) is 64.2 Å². The quantitative estimate of drug-likeness (QED) is 0.0502. The van der Waals surface area contributed by atoms with Gasteiger partial charge in [0.2, 0.25) is 12.0 Å². The molecule has 1 aliphatic rings. The average Bonchev–Trinajstić information content (AvgIpc) is 3.89. The maximum absolute atomic E-state index is 12.5.